The van der Waals surface area contributed by atoms with Gasteiger partial charge in [0.15, 0.2) is 0 Å². The van der Waals surface area contributed by atoms with Gasteiger partial charge in [-0.3, -0.25) is 4.79 Å². The predicted octanol–water partition coefficient (Wildman–Crippen LogP) is 3.56. The Balaban J connectivity index is 1.49. The zero-order valence-electron chi connectivity index (χ0n) is 14.2. The summed E-state index contributed by atoms with van der Waals surface area (Å²) in [5, 5.41) is 2.77. The molecule has 1 N–H and O–H groups in total. The van der Waals surface area contributed by atoms with Crippen molar-refractivity contribution < 1.29 is 18.0 Å². The fraction of sp³-hybridized carbons (Fsp3) is 0.368. The molecule has 3 rings (SSSR count). The van der Waals surface area contributed by atoms with Gasteiger partial charge in [-0.1, -0.05) is 18.2 Å². The summed E-state index contributed by atoms with van der Waals surface area (Å²) < 4.78 is 37.6. The van der Waals surface area contributed by atoms with Crippen LogP contribution in [0.2, 0.25) is 0 Å². The molecular formula is C19H20F3N3O. The molecule has 0 spiro atoms. The SMILES string of the molecule is O=C(Cc1ccc(C(F)(F)F)cc1)NCc1ccc(N2CCCC2)nc1. The van der Waals surface area contributed by atoms with E-state index in [9.17, 15) is 18.0 Å². The number of carbonyl (C=O) groups is 1. The van der Waals surface area contributed by atoms with Crippen LogP contribution in [0.4, 0.5) is 19.0 Å². The predicted molar refractivity (Wildman–Crippen MR) is 92.7 cm³/mol. The van der Waals surface area contributed by atoms with Crippen molar-refractivity contribution in [3.63, 3.8) is 0 Å². The van der Waals surface area contributed by atoms with Crippen molar-refractivity contribution in [2.45, 2.75) is 32.0 Å². The Hall–Kier alpha value is -2.57. The molecule has 0 aliphatic carbocycles. The average Bonchev–Trinajstić information content (AvgIpc) is 3.15. The first kappa shape index (κ1) is 18.2. The van der Waals surface area contributed by atoms with Gasteiger partial charge in [0.25, 0.3) is 0 Å². The lowest BCUT2D eigenvalue weighted by molar-refractivity contribution is -0.137. The summed E-state index contributed by atoms with van der Waals surface area (Å²) >= 11 is 0. The smallest absolute Gasteiger partial charge is 0.357 e. The van der Waals surface area contributed by atoms with Crippen molar-refractivity contribution in [2.24, 2.45) is 0 Å². The van der Waals surface area contributed by atoms with Gasteiger partial charge in [-0.05, 0) is 42.2 Å². The van der Waals surface area contributed by atoms with Crippen LogP contribution in [0.25, 0.3) is 0 Å². The number of alkyl halides is 3. The number of aromatic nitrogens is 1. The van der Waals surface area contributed by atoms with E-state index in [1.807, 2.05) is 12.1 Å². The van der Waals surface area contributed by atoms with Gasteiger partial charge in [0, 0.05) is 25.8 Å². The third-order valence-corrected chi connectivity index (χ3v) is 4.37. The fourth-order valence-corrected chi connectivity index (χ4v) is 2.91. The Labute approximate surface area is 150 Å². The molecule has 4 nitrogen and oxygen atoms in total. The molecule has 0 unspecified atom stereocenters. The molecule has 0 saturated carbocycles. The number of benzene rings is 1. The van der Waals surface area contributed by atoms with E-state index < -0.39 is 11.7 Å². The summed E-state index contributed by atoms with van der Waals surface area (Å²) in [5.74, 6) is 0.704. The maximum absolute atomic E-state index is 12.5. The number of halogens is 3. The maximum Gasteiger partial charge on any atom is 0.416 e. The van der Waals surface area contributed by atoms with Crippen molar-refractivity contribution in [1.82, 2.24) is 10.3 Å². The molecular weight excluding hydrogens is 343 g/mol. The van der Waals surface area contributed by atoms with Crippen LogP contribution in [0, 0.1) is 0 Å². The van der Waals surface area contributed by atoms with Crippen LogP contribution in [0.15, 0.2) is 42.6 Å². The van der Waals surface area contributed by atoms with Crippen LogP contribution >= 0.6 is 0 Å². The average molecular weight is 363 g/mol. The number of rotatable bonds is 5. The van der Waals surface area contributed by atoms with Gasteiger partial charge in [0.2, 0.25) is 5.91 Å². The van der Waals surface area contributed by atoms with E-state index in [2.05, 4.69) is 15.2 Å². The standard InChI is InChI=1S/C19H20F3N3O/c20-19(21,22)16-6-3-14(4-7-16)11-18(26)24-13-15-5-8-17(23-12-15)25-9-1-2-10-25/h3-8,12H,1-2,9-11,13H2,(H,24,26). The van der Waals surface area contributed by atoms with Gasteiger partial charge in [0.05, 0.1) is 12.0 Å². The lowest BCUT2D eigenvalue weighted by atomic mass is 10.1. The lowest BCUT2D eigenvalue weighted by Crippen LogP contribution is -2.25. The molecule has 7 heteroatoms. The van der Waals surface area contributed by atoms with Crippen molar-refractivity contribution in [2.75, 3.05) is 18.0 Å². The first-order valence-corrected chi connectivity index (χ1v) is 8.54. The van der Waals surface area contributed by atoms with E-state index in [1.54, 1.807) is 6.20 Å². The Morgan fingerprint density at radius 1 is 1.04 bits per heavy atom. The van der Waals surface area contributed by atoms with Crippen molar-refractivity contribution in [3.05, 3.63) is 59.3 Å². The Morgan fingerprint density at radius 2 is 1.69 bits per heavy atom. The van der Waals surface area contributed by atoms with Crippen LogP contribution in [-0.4, -0.2) is 24.0 Å². The highest BCUT2D eigenvalue weighted by Crippen LogP contribution is 2.29. The number of hydrogen-bond donors (Lipinski definition) is 1. The summed E-state index contributed by atoms with van der Waals surface area (Å²) in [6.07, 6.45) is -0.217. The molecule has 0 atom stereocenters. The van der Waals surface area contributed by atoms with Gasteiger partial charge < -0.3 is 10.2 Å². The molecule has 26 heavy (non-hydrogen) atoms. The highest BCUT2D eigenvalue weighted by molar-refractivity contribution is 5.78. The van der Waals surface area contributed by atoms with Gasteiger partial charge in [-0.2, -0.15) is 13.2 Å². The van der Waals surface area contributed by atoms with Crippen molar-refractivity contribution in [3.8, 4) is 0 Å². The molecule has 0 radical (unpaired) electrons. The zero-order chi connectivity index (χ0) is 18.6. The molecule has 1 aromatic carbocycles. The van der Waals surface area contributed by atoms with E-state index in [-0.39, 0.29) is 12.3 Å². The summed E-state index contributed by atoms with van der Waals surface area (Å²) in [4.78, 5) is 18.6. The molecule has 1 amide bonds. The van der Waals surface area contributed by atoms with Crippen LogP contribution in [-0.2, 0) is 23.9 Å². The summed E-state index contributed by atoms with van der Waals surface area (Å²) in [7, 11) is 0. The highest BCUT2D eigenvalue weighted by atomic mass is 19.4. The van der Waals surface area contributed by atoms with E-state index in [1.165, 1.54) is 25.0 Å². The van der Waals surface area contributed by atoms with E-state index in [0.717, 1.165) is 36.6 Å². The minimum atomic E-state index is -4.37. The summed E-state index contributed by atoms with van der Waals surface area (Å²) in [6.45, 7) is 2.39. The number of carbonyl (C=O) groups excluding carboxylic acids is 1. The zero-order valence-corrected chi connectivity index (χ0v) is 14.2. The monoisotopic (exact) mass is 363 g/mol. The molecule has 1 aliphatic heterocycles. The minimum Gasteiger partial charge on any atom is -0.357 e. The normalized spacial score (nSPS) is 14.5. The van der Waals surface area contributed by atoms with Gasteiger partial charge in [-0.15, -0.1) is 0 Å². The number of amides is 1. The Morgan fingerprint density at radius 3 is 2.27 bits per heavy atom. The fourth-order valence-electron chi connectivity index (χ4n) is 2.91. The Bertz CT molecular complexity index is 736. The molecule has 1 fully saturated rings. The second-order valence-electron chi connectivity index (χ2n) is 6.37. The highest BCUT2D eigenvalue weighted by Gasteiger charge is 2.29. The largest absolute Gasteiger partial charge is 0.416 e. The molecule has 2 aromatic rings. The van der Waals surface area contributed by atoms with E-state index in [0.29, 0.717) is 12.1 Å². The van der Waals surface area contributed by atoms with Crippen molar-refractivity contribution >= 4 is 11.7 Å². The van der Waals surface area contributed by atoms with Gasteiger partial charge in [0.1, 0.15) is 5.82 Å². The van der Waals surface area contributed by atoms with Crippen LogP contribution < -0.4 is 10.2 Å². The molecule has 138 valence electrons. The molecule has 2 heterocycles. The first-order chi connectivity index (χ1) is 12.4. The second kappa shape index (κ2) is 7.76. The topological polar surface area (TPSA) is 45.2 Å². The van der Waals surface area contributed by atoms with E-state index in [4.69, 9.17) is 0 Å². The molecule has 1 saturated heterocycles. The lowest BCUT2D eigenvalue weighted by Gasteiger charge is -2.16. The minimum absolute atomic E-state index is 0.0391. The van der Waals surface area contributed by atoms with E-state index >= 15 is 0 Å². The Kier molecular flexibility index (Phi) is 5.44. The first-order valence-electron chi connectivity index (χ1n) is 8.54. The van der Waals surface area contributed by atoms with Gasteiger partial charge in [-0.25, -0.2) is 4.98 Å². The van der Waals surface area contributed by atoms with Crippen molar-refractivity contribution in [1.29, 1.82) is 0 Å². The van der Waals surface area contributed by atoms with Crippen LogP contribution in [0.1, 0.15) is 29.5 Å². The maximum atomic E-state index is 12.5. The number of anilines is 1. The van der Waals surface area contributed by atoms with Crippen LogP contribution in [0.3, 0.4) is 0 Å². The quantitative estimate of drug-likeness (QED) is 0.884. The molecule has 1 aliphatic rings. The molecule has 1 aromatic heterocycles. The number of hydrogen-bond acceptors (Lipinski definition) is 3. The molecule has 0 bridgehead atoms. The third kappa shape index (κ3) is 4.74. The van der Waals surface area contributed by atoms with Crippen LogP contribution in [0.5, 0.6) is 0 Å². The third-order valence-electron chi connectivity index (χ3n) is 4.37. The number of pyridine rings is 1. The number of nitrogens with zero attached hydrogens (tertiary/aromatic N) is 2. The van der Waals surface area contributed by atoms with Gasteiger partial charge >= 0.3 is 6.18 Å². The number of nitrogens with one attached hydrogen (secondary N) is 1. The summed E-state index contributed by atoms with van der Waals surface area (Å²) in [5.41, 5.74) is 0.706. The second-order valence-corrected chi connectivity index (χ2v) is 6.37. The summed E-state index contributed by atoms with van der Waals surface area (Å²) in [6, 6.07) is 8.51.